The van der Waals surface area contributed by atoms with E-state index < -0.39 is 0 Å². The Morgan fingerprint density at radius 3 is 2.50 bits per heavy atom. The Balaban J connectivity index is 0.00000120. The van der Waals surface area contributed by atoms with E-state index in [9.17, 15) is 0 Å². The Morgan fingerprint density at radius 2 is 1.83 bits per heavy atom. The van der Waals surface area contributed by atoms with Gasteiger partial charge in [0.25, 0.3) is 0 Å². The normalized spacial score (nSPS) is 10.1. The summed E-state index contributed by atoms with van der Waals surface area (Å²) in [6, 6.07) is 13.9. The number of hydrogen-bond acceptors (Lipinski definition) is 2. The summed E-state index contributed by atoms with van der Waals surface area (Å²) in [6.45, 7) is 0. The summed E-state index contributed by atoms with van der Waals surface area (Å²) in [4.78, 5) is 4.56. The number of rotatable bonds is 2. The third-order valence-corrected chi connectivity index (χ3v) is 2.75. The zero-order chi connectivity index (χ0) is 11.7. The molecule has 0 aliphatic heterocycles. The number of methoxy groups -OCH3 is 1. The average Bonchev–Trinajstić information content (AvgIpc) is 2.82. The van der Waals surface area contributed by atoms with Gasteiger partial charge >= 0.3 is 0 Å². The van der Waals surface area contributed by atoms with E-state index in [4.69, 9.17) is 4.74 Å². The van der Waals surface area contributed by atoms with Gasteiger partial charge in [0.1, 0.15) is 11.4 Å². The van der Waals surface area contributed by atoms with E-state index in [1.807, 2.05) is 59.3 Å². The maximum atomic E-state index is 5.14. The van der Waals surface area contributed by atoms with Gasteiger partial charge in [0.2, 0.25) is 0 Å². The van der Waals surface area contributed by atoms with Crippen molar-refractivity contribution in [1.82, 2.24) is 9.38 Å². The lowest BCUT2D eigenvalue weighted by molar-refractivity contribution is 0.415. The lowest BCUT2D eigenvalue weighted by Gasteiger charge is -1.99. The molecule has 3 aromatic rings. The highest BCUT2D eigenvalue weighted by Gasteiger charge is 2.03. The second-order valence-corrected chi connectivity index (χ2v) is 3.82. The molecule has 92 valence electrons. The molecule has 3 nitrogen and oxygen atoms in total. The van der Waals surface area contributed by atoms with Crippen LogP contribution < -0.4 is 4.74 Å². The maximum Gasteiger partial charge on any atom is 0.137 e. The number of aromatic nitrogens is 2. The zero-order valence-electron chi connectivity index (χ0n) is 9.91. The molecule has 3 rings (SSSR count). The largest absolute Gasteiger partial charge is 0.497 e. The fourth-order valence-electron chi connectivity index (χ4n) is 1.84. The van der Waals surface area contributed by atoms with Crippen molar-refractivity contribution < 1.29 is 4.74 Å². The Bertz CT molecular complexity index is 613. The third-order valence-electron chi connectivity index (χ3n) is 2.75. The molecule has 0 saturated carbocycles. The van der Waals surface area contributed by atoms with Crippen LogP contribution in [0.25, 0.3) is 16.9 Å². The highest BCUT2D eigenvalue weighted by molar-refractivity contribution is 8.93. The molecule has 0 radical (unpaired) electrons. The van der Waals surface area contributed by atoms with E-state index in [2.05, 4.69) is 4.98 Å². The van der Waals surface area contributed by atoms with Gasteiger partial charge < -0.3 is 9.14 Å². The van der Waals surface area contributed by atoms with Gasteiger partial charge in [-0.15, -0.1) is 17.0 Å². The van der Waals surface area contributed by atoms with Crippen molar-refractivity contribution in [2.45, 2.75) is 0 Å². The predicted octanol–water partition coefficient (Wildman–Crippen LogP) is 3.59. The standard InChI is InChI=1S/C14H12N2O.BrH/c1-17-12-7-5-11(6-8-12)13-10-16-9-3-2-4-14(16)15-13;/h2-10H,1H3;1H. The van der Waals surface area contributed by atoms with Crippen LogP contribution in [-0.2, 0) is 0 Å². The van der Waals surface area contributed by atoms with Gasteiger partial charge in [-0.1, -0.05) is 6.07 Å². The van der Waals surface area contributed by atoms with Crippen LogP contribution in [0, 0.1) is 0 Å². The Kier molecular flexibility index (Phi) is 3.67. The number of ether oxygens (including phenoxy) is 1. The van der Waals surface area contributed by atoms with Crippen LogP contribution >= 0.6 is 17.0 Å². The molecule has 0 unspecified atom stereocenters. The van der Waals surface area contributed by atoms with E-state index in [0.717, 1.165) is 22.7 Å². The molecule has 0 aliphatic rings. The first-order valence-electron chi connectivity index (χ1n) is 5.45. The van der Waals surface area contributed by atoms with Crippen LogP contribution in [-0.4, -0.2) is 16.5 Å². The van der Waals surface area contributed by atoms with Crippen LogP contribution in [0.15, 0.2) is 54.9 Å². The van der Waals surface area contributed by atoms with E-state index in [1.54, 1.807) is 7.11 Å². The fraction of sp³-hybridized carbons (Fsp3) is 0.0714. The Labute approximate surface area is 116 Å². The van der Waals surface area contributed by atoms with E-state index in [1.165, 1.54) is 0 Å². The van der Waals surface area contributed by atoms with Crippen LogP contribution in [0.4, 0.5) is 0 Å². The number of halogens is 1. The van der Waals surface area contributed by atoms with Gasteiger partial charge in [-0.05, 0) is 36.4 Å². The zero-order valence-corrected chi connectivity index (χ0v) is 11.6. The molecule has 0 bridgehead atoms. The Hall–Kier alpha value is -1.81. The maximum absolute atomic E-state index is 5.14. The molecule has 2 heterocycles. The number of pyridine rings is 1. The van der Waals surface area contributed by atoms with Crippen LogP contribution in [0.2, 0.25) is 0 Å². The summed E-state index contributed by atoms with van der Waals surface area (Å²) in [5, 5.41) is 0. The SMILES string of the molecule is Br.COc1ccc(-c2cn3ccccc3n2)cc1. The average molecular weight is 305 g/mol. The van der Waals surface area contributed by atoms with Crippen LogP contribution in [0.1, 0.15) is 0 Å². The summed E-state index contributed by atoms with van der Waals surface area (Å²) < 4.78 is 7.15. The smallest absolute Gasteiger partial charge is 0.137 e. The monoisotopic (exact) mass is 304 g/mol. The van der Waals surface area contributed by atoms with Gasteiger partial charge in [0, 0.05) is 18.0 Å². The lowest BCUT2D eigenvalue weighted by Crippen LogP contribution is -1.82. The van der Waals surface area contributed by atoms with E-state index >= 15 is 0 Å². The van der Waals surface area contributed by atoms with Gasteiger partial charge in [-0.3, -0.25) is 0 Å². The van der Waals surface area contributed by atoms with Crippen LogP contribution in [0.3, 0.4) is 0 Å². The molecule has 0 saturated heterocycles. The van der Waals surface area contributed by atoms with Crippen molar-refractivity contribution in [1.29, 1.82) is 0 Å². The Morgan fingerprint density at radius 1 is 1.06 bits per heavy atom. The molecule has 0 aliphatic carbocycles. The summed E-state index contributed by atoms with van der Waals surface area (Å²) >= 11 is 0. The number of hydrogen-bond donors (Lipinski definition) is 0. The van der Waals surface area contributed by atoms with Crippen molar-refractivity contribution in [3.05, 3.63) is 54.9 Å². The summed E-state index contributed by atoms with van der Waals surface area (Å²) in [5.74, 6) is 0.859. The molecule has 1 aromatic carbocycles. The number of benzene rings is 1. The number of imidazole rings is 1. The quantitative estimate of drug-likeness (QED) is 0.723. The minimum atomic E-state index is 0. The molecule has 0 fully saturated rings. The number of nitrogens with zero attached hydrogens (tertiary/aromatic N) is 2. The van der Waals surface area contributed by atoms with Crippen molar-refractivity contribution >= 4 is 22.6 Å². The molecular formula is C14H13BrN2O. The minimum absolute atomic E-state index is 0. The topological polar surface area (TPSA) is 26.5 Å². The molecule has 4 heteroatoms. The van der Waals surface area contributed by atoms with Gasteiger partial charge in [0.05, 0.1) is 12.8 Å². The first kappa shape index (κ1) is 12.6. The second kappa shape index (κ2) is 5.23. The summed E-state index contributed by atoms with van der Waals surface area (Å²) in [7, 11) is 1.67. The predicted molar refractivity (Wildman–Crippen MR) is 77.5 cm³/mol. The highest BCUT2D eigenvalue weighted by atomic mass is 79.9. The fourth-order valence-corrected chi connectivity index (χ4v) is 1.84. The molecule has 18 heavy (non-hydrogen) atoms. The molecule has 0 N–H and O–H groups in total. The van der Waals surface area contributed by atoms with E-state index in [0.29, 0.717) is 0 Å². The summed E-state index contributed by atoms with van der Waals surface area (Å²) in [5.41, 5.74) is 3.02. The number of fused-ring (bicyclic) bond motifs is 1. The third kappa shape index (κ3) is 2.24. The van der Waals surface area contributed by atoms with Crippen LogP contribution in [0.5, 0.6) is 5.75 Å². The molecule has 0 amide bonds. The lowest BCUT2D eigenvalue weighted by atomic mass is 10.2. The molecule has 0 spiro atoms. The van der Waals surface area contributed by atoms with Gasteiger partial charge in [-0.25, -0.2) is 4.98 Å². The molecular weight excluding hydrogens is 292 g/mol. The van der Waals surface area contributed by atoms with Crippen molar-refractivity contribution in [2.75, 3.05) is 7.11 Å². The first-order valence-corrected chi connectivity index (χ1v) is 5.45. The van der Waals surface area contributed by atoms with Crippen molar-refractivity contribution in [2.24, 2.45) is 0 Å². The van der Waals surface area contributed by atoms with Crippen molar-refractivity contribution in [3.63, 3.8) is 0 Å². The van der Waals surface area contributed by atoms with Gasteiger partial charge in [0.15, 0.2) is 0 Å². The minimum Gasteiger partial charge on any atom is -0.497 e. The molecule has 2 aromatic heterocycles. The second-order valence-electron chi connectivity index (χ2n) is 3.82. The summed E-state index contributed by atoms with van der Waals surface area (Å²) in [6.07, 6.45) is 4.02. The molecule has 0 atom stereocenters. The van der Waals surface area contributed by atoms with Gasteiger partial charge in [-0.2, -0.15) is 0 Å². The van der Waals surface area contributed by atoms with E-state index in [-0.39, 0.29) is 17.0 Å². The highest BCUT2D eigenvalue weighted by Crippen LogP contribution is 2.21. The van der Waals surface area contributed by atoms with Crippen molar-refractivity contribution in [3.8, 4) is 17.0 Å². The first-order chi connectivity index (χ1) is 8.36.